The first-order valence-electron chi connectivity index (χ1n) is 5.03. The zero-order chi connectivity index (χ0) is 11.7. The highest BCUT2D eigenvalue weighted by Crippen LogP contribution is 2.35. The Hall–Kier alpha value is -0.120. The maximum atomic E-state index is 3.75. The molecule has 3 heteroatoms. The van der Waals surface area contributed by atoms with Gasteiger partial charge in [0.2, 0.25) is 0 Å². The highest BCUT2D eigenvalue weighted by atomic mass is 79.9. The maximum Gasteiger partial charge on any atom is 0.0701 e. The summed E-state index contributed by atoms with van der Waals surface area (Å²) in [6, 6.07) is 8.78. The summed E-state index contributed by atoms with van der Waals surface area (Å²) < 4.78 is 1.18. The summed E-state index contributed by atoms with van der Waals surface area (Å²) in [4.78, 5) is 0.286. The minimum Gasteiger partial charge on any atom is -0.136 e. The van der Waals surface area contributed by atoms with Crippen LogP contribution in [0, 0.1) is 13.8 Å². The number of rotatable bonds is 2. The van der Waals surface area contributed by atoms with Crippen LogP contribution in [0.5, 0.6) is 0 Å². The van der Waals surface area contributed by atoms with Crippen LogP contribution in [0.2, 0.25) is 0 Å². The molecule has 1 unspecified atom stereocenters. The normalized spacial score (nSPS) is 12.8. The minimum absolute atomic E-state index is 0.286. The van der Waals surface area contributed by atoms with Gasteiger partial charge >= 0.3 is 0 Å². The van der Waals surface area contributed by atoms with Crippen molar-refractivity contribution in [1.29, 1.82) is 0 Å². The number of aryl methyl sites for hydroxylation is 2. The van der Waals surface area contributed by atoms with Gasteiger partial charge in [-0.3, -0.25) is 0 Å². The van der Waals surface area contributed by atoms with Crippen molar-refractivity contribution in [2.75, 3.05) is 0 Å². The van der Waals surface area contributed by atoms with E-state index in [0.29, 0.717) is 0 Å². The molecule has 0 aliphatic carbocycles. The Morgan fingerprint density at radius 1 is 1.06 bits per heavy atom. The maximum absolute atomic E-state index is 3.75. The van der Waals surface area contributed by atoms with E-state index in [1.807, 2.05) is 0 Å². The Balaban J connectivity index is 2.33. The van der Waals surface area contributed by atoms with Crippen molar-refractivity contribution in [3.05, 3.63) is 55.7 Å². The van der Waals surface area contributed by atoms with Crippen LogP contribution >= 0.6 is 43.2 Å². The average Bonchev–Trinajstić information content (AvgIpc) is 2.68. The largest absolute Gasteiger partial charge is 0.136 e. The quantitative estimate of drug-likeness (QED) is 0.611. The fraction of sp³-hybridized carbons (Fsp3) is 0.231. The van der Waals surface area contributed by atoms with Crippen LogP contribution in [0.3, 0.4) is 0 Å². The summed E-state index contributed by atoms with van der Waals surface area (Å²) in [5.74, 6) is 0. The van der Waals surface area contributed by atoms with Crippen molar-refractivity contribution in [2.24, 2.45) is 0 Å². The molecule has 2 rings (SSSR count). The molecule has 0 saturated heterocycles. The monoisotopic (exact) mass is 358 g/mol. The summed E-state index contributed by atoms with van der Waals surface area (Å²) in [5, 5.41) is 2.18. The topological polar surface area (TPSA) is 0 Å². The predicted octanol–water partition coefficient (Wildman–Crippen LogP) is 5.61. The first kappa shape index (κ1) is 12.3. The number of alkyl halides is 1. The average molecular weight is 360 g/mol. The first-order chi connectivity index (χ1) is 7.58. The van der Waals surface area contributed by atoms with E-state index < -0.39 is 0 Å². The van der Waals surface area contributed by atoms with E-state index in [0.717, 1.165) is 0 Å². The van der Waals surface area contributed by atoms with Gasteiger partial charge in [0.25, 0.3) is 0 Å². The summed E-state index contributed by atoms with van der Waals surface area (Å²) in [6.45, 7) is 4.30. The number of benzene rings is 1. The van der Waals surface area contributed by atoms with Crippen LogP contribution in [-0.2, 0) is 0 Å². The zero-order valence-electron chi connectivity index (χ0n) is 9.13. The fourth-order valence-corrected chi connectivity index (χ4v) is 3.50. The van der Waals surface area contributed by atoms with Gasteiger partial charge in [-0.05, 0) is 63.5 Å². The Morgan fingerprint density at radius 2 is 1.81 bits per heavy atom. The summed E-state index contributed by atoms with van der Waals surface area (Å²) in [7, 11) is 0. The van der Waals surface area contributed by atoms with Gasteiger partial charge in [0.15, 0.2) is 0 Å². The third-order valence-corrected chi connectivity index (χ3v) is 5.28. The molecule has 0 amide bonds. The van der Waals surface area contributed by atoms with E-state index >= 15 is 0 Å². The highest BCUT2D eigenvalue weighted by Gasteiger charge is 2.12. The third-order valence-electron chi connectivity index (χ3n) is 2.70. The number of halogens is 2. The van der Waals surface area contributed by atoms with Gasteiger partial charge in [-0.15, -0.1) is 11.3 Å². The molecule has 0 bridgehead atoms. The van der Waals surface area contributed by atoms with E-state index in [-0.39, 0.29) is 4.83 Å². The molecule has 0 aliphatic rings. The molecular formula is C13H12Br2S. The van der Waals surface area contributed by atoms with E-state index in [9.17, 15) is 0 Å². The predicted molar refractivity (Wildman–Crippen MR) is 78.7 cm³/mol. The summed E-state index contributed by atoms with van der Waals surface area (Å²) in [6.07, 6.45) is 0. The molecule has 1 aromatic heterocycles. The van der Waals surface area contributed by atoms with Gasteiger partial charge < -0.3 is 0 Å². The van der Waals surface area contributed by atoms with Crippen molar-refractivity contribution in [3.63, 3.8) is 0 Å². The van der Waals surface area contributed by atoms with Gasteiger partial charge in [-0.2, -0.15) is 0 Å². The molecule has 1 atom stereocenters. The molecule has 84 valence electrons. The molecule has 0 N–H and O–H groups in total. The summed E-state index contributed by atoms with van der Waals surface area (Å²) >= 11 is 8.97. The van der Waals surface area contributed by atoms with Gasteiger partial charge in [-0.1, -0.05) is 34.1 Å². The van der Waals surface area contributed by atoms with Crippen LogP contribution in [-0.4, -0.2) is 0 Å². The second-order valence-electron chi connectivity index (χ2n) is 3.89. The first-order valence-corrected chi connectivity index (χ1v) is 7.62. The van der Waals surface area contributed by atoms with E-state index in [4.69, 9.17) is 0 Å². The Morgan fingerprint density at radius 3 is 2.38 bits per heavy atom. The van der Waals surface area contributed by atoms with Crippen molar-refractivity contribution < 1.29 is 0 Å². The Kier molecular flexibility index (Phi) is 3.88. The van der Waals surface area contributed by atoms with Crippen LogP contribution in [0.1, 0.15) is 27.1 Å². The van der Waals surface area contributed by atoms with E-state index in [1.54, 1.807) is 11.3 Å². The Labute approximate surface area is 117 Å². The summed E-state index contributed by atoms with van der Waals surface area (Å²) in [5.41, 5.74) is 5.31. The second kappa shape index (κ2) is 5.03. The zero-order valence-corrected chi connectivity index (χ0v) is 13.1. The molecule has 0 fully saturated rings. The lowest BCUT2D eigenvalue weighted by molar-refractivity contribution is 1.17. The smallest absolute Gasteiger partial charge is 0.0701 e. The molecule has 0 spiro atoms. The van der Waals surface area contributed by atoms with Crippen molar-refractivity contribution in [2.45, 2.75) is 18.7 Å². The molecule has 2 aromatic rings. The lowest BCUT2D eigenvalue weighted by atomic mass is 10.0. The number of hydrogen-bond acceptors (Lipinski definition) is 1. The number of thiophene rings is 1. The lowest BCUT2D eigenvalue weighted by Gasteiger charge is -2.10. The highest BCUT2D eigenvalue weighted by molar-refractivity contribution is 9.11. The van der Waals surface area contributed by atoms with E-state index in [1.165, 1.54) is 26.0 Å². The molecule has 0 nitrogen and oxygen atoms in total. The Bertz CT molecular complexity index is 502. The molecule has 0 radical (unpaired) electrons. The van der Waals surface area contributed by atoms with Crippen molar-refractivity contribution >= 4 is 43.2 Å². The molecule has 16 heavy (non-hydrogen) atoms. The van der Waals surface area contributed by atoms with Crippen LogP contribution < -0.4 is 0 Å². The molecule has 1 aromatic carbocycles. The van der Waals surface area contributed by atoms with Crippen LogP contribution in [0.25, 0.3) is 0 Å². The van der Waals surface area contributed by atoms with Crippen LogP contribution in [0.4, 0.5) is 0 Å². The van der Waals surface area contributed by atoms with Gasteiger partial charge in [0.1, 0.15) is 0 Å². The van der Waals surface area contributed by atoms with E-state index in [2.05, 4.69) is 75.4 Å². The number of hydrogen-bond donors (Lipinski definition) is 0. The molecular weight excluding hydrogens is 348 g/mol. The standard InChI is InChI=1S/C13H12Br2S/c1-8-3-4-10(5-9(8)2)13(15)11-6-12(14)16-7-11/h3-7,13H,1-2H3. The van der Waals surface area contributed by atoms with Crippen molar-refractivity contribution in [1.82, 2.24) is 0 Å². The lowest BCUT2D eigenvalue weighted by Crippen LogP contribution is -1.92. The van der Waals surface area contributed by atoms with Gasteiger partial charge in [0, 0.05) is 0 Å². The third kappa shape index (κ3) is 2.58. The SMILES string of the molecule is Cc1ccc(C(Br)c2csc(Br)c2)cc1C. The molecule has 1 heterocycles. The fourth-order valence-electron chi connectivity index (χ4n) is 1.57. The van der Waals surface area contributed by atoms with Gasteiger partial charge in [0.05, 0.1) is 8.61 Å². The molecule has 0 aliphatic heterocycles. The van der Waals surface area contributed by atoms with Gasteiger partial charge in [-0.25, -0.2) is 0 Å². The minimum atomic E-state index is 0.286. The second-order valence-corrected chi connectivity index (χ2v) is 7.10. The van der Waals surface area contributed by atoms with Crippen LogP contribution in [0.15, 0.2) is 33.4 Å². The van der Waals surface area contributed by atoms with Crippen molar-refractivity contribution in [3.8, 4) is 0 Å². The molecule has 0 saturated carbocycles.